The third kappa shape index (κ3) is 3.99. The van der Waals surface area contributed by atoms with Gasteiger partial charge in [0.25, 0.3) is 0 Å². The Morgan fingerprint density at radius 1 is 0.963 bits per heavy atom. The van der Waals surface area contributed by atoms with Gasteiger partial charge in [0.2, 0.25) is 17.7 Å². The molecule has 27 heavy (non-hydrogen) atoms. The molecule has 2 aliphatic rings. The van der Waals surface area contributed by atoms with Crippen LogP contribution in [0.25, 0.3) is 0 Å². The van der Waals surface area contributed by atoms with Crippen LogP contribution in [0.4, 0.5) is 5.69 Å². The SMILES string of the molecule is CC(=O)N1CCN(C(=O)C(C)(C)C(=O)Nc2ccc3c(c2)OCCO3)CC1. The number of hydrogen-bond donors (Lipinski definition) is 1. The molecule has 3 rings (SSSR count). The van der Waals surface area contributed by atoms with E-state index in [9.17, 15) is 14.4 Å². The predicted molar refractivity (Wildman–Crippen MR) is 98.7 cm³/mol. The van der Waals surface area contributed by atoms with E-state index in [4.69, 9.17) is 9.47 Å². The van der Waals surface area contributed by atoms with Crippen molar-refractivity contribution in [3.63, 3.8) is 0 Å². The van der Waals surface area contributed by atoms with Crippen LogP contribution in [0, 0.1) is 5.41 Å². The van der Waals surface area contributed by atoms with E-state index in [1.54, 1.807) is 41.8 Å². The zero-order chi connectivity index (χ0) is 19.6. The quantitative estimate of drug-likeness (QED) is 0.800. The molecule has 1 aromatic rings. The number of amides is 3. The highest BCUT2D eigenvalue weighted by Crippen LogP contribution is 2.33. The van der Waals surface area contributed by atoms with E-state index in [1.807, 2.05) is 0 Å². The lowest BCUT2D eigenvalue weighted by molar-refractivity contribution is -0.149. The second kappa shape index (κ2) is 7.46. The first-order valence-corrected chi connectivity index (χ1v) is 9.05. The Morgan fingerprint density at radius 3 is 2.19 bits per heavy atom. The fourth-order valence-electron chi connectivity index (χ4n) is 3.13. The summed E-state index contributed by atoms with van der Waals surface area (Å²) in [5.74, 6) is 0.568. The molecule has 8 nitrogen and oxygen atoms in total. The van der Waals surface area contributed by atoms with Crippen LogP contribution in [0.15, 0.2) is 18.2 Å². The Balaban J connectivity index is 1.64. The maximum absolute atomic E-state index is 12.9. The topological polar surface area (TPSA) is 88.2 Å². The van der Waals surface area contributed by atoms with Crippen molar-refractivity contribution < 1.29 is 23.9 Å². The molecule has 8 heteroatoms. The Labute approximate surface area is 158 Å². The van der Waals surface area contributed by atoms with Gasteiger partial charge < -0.3 is 24.6 Å². The van der Waals surface area contributed by atoms with E-state index in [0.29, 0.717) is 56.6 Å². The molecule has 1 fully saturated rings. The maximum Gasteiger partial charge on any atom is 0.239 e. The molecular weight excluding hydrogens is 350 g/mol. The zero-order valence-corrected chi connectivity index (χ0v) is 15.9. The van der Waals surface area contributed by atoms with Gasteiger partial charge in [-0.05, 0) is 26.0 Å². The fourth-order valence-corrected chi connectivity index (χ4v) is 3.13. The summed E-state index contributed by atoms with van der Waals surface area (Å²) in [6.07, 6.45) is 0. The molecule has 0 unspecified atom stereocenters. The number of rotatable bonds is 3. The molecule has 1 saturated heterocycles. The number of nitrogens with one attached hydrogen (secondary N) is 1. The molecule has 0 bridgehead atoms. The number of hydrogen-bond acceptors (Lipinski definition) is 5. The van der Waals surface area contributed by atoms with Crippen LogP contribution in [0.3, 0.4) is 0 Å². The first-order chi connectivity index (χ1) is 12.8. The van der Waals surface area contributed by atoms with Crippen molar-refractivity contribution in [1.29, 1.82) is 0 Å². The van der Waals surface area contributed by atoms with Crippen molar-refractivity contribution in [3.05, 3.63) is 18.2 Å². The number of nitrogens with zero attached hydrogens (tertiary/aromatic N) is 2. The number of anilines is 1. The second-order valence-electron chi connectivity index (χ2n) is 7.24. The lowest BCUT2D eigenvalue weighted by atomic mass is 9.89. The largest absolute Gasteiger partial charge is 0.486 e. The van der Waals surface area contributed by atoms with Crippen molar-refractivity contribution in [2.45, 2.75) is 20.8 Å². The van der Waals surface area contributed by atoms with E-state index < -0.39 is 11.3 Å². The number of fused-ring (bicyclic) bond motifs is 1. The number of carbonyl (C=O) groups is 3. The summed E-state index contributed by atoms with van der Waals surface area (Å²) in [6, 6.07) is 5.15. The monoisotopic (exact) mass is 375 g/mol. The Hall–Kier alpha value is -2.77. The highest BCUT2D eigenvalue weighted by atomic mass is 16.6. The average molecular weight is 375 g/mol. The number of carbonyl (C=O) groups excluding carboxylic acids is 3. The van der Waals surface area contributed by atoms with Crippen LogP contribution in [0.5, 0.6) is 11.5 Å². The average Bonchev–Trinajstić information content (AvgIpc) is 2.67. The summed E-state index contributed by atoms with van der Waals surface area (Å²) in [5.41, 5.74) is -0.683. The highest BCUT2D eigenvalue weighted by molar-refractivity contribution is 6.10. The second-order valence-corrected chi connectivity index (χ2v) is 7.24. The first-order valence-electron chi connectivity index (χ1n) is 9.05. The first kappa shape index (κ1) is 19.0. The molecule has 0 aliphatic carbocycles. The molecule has 0 aromatic heterocycles. The van der Waals surface area contributed by atoms with Crippen molar-refractivity contribution >= 4 is 23.4 Å². The Kier molecular flexibility index (Phi) is 5.25. The third-order valence-electron chi connectivity index (χ3n) is 4.91. The number of piperazine rings is 1. The molecular formula is C19H25N3O5. The van der Waals surface area contributed by atoms with Gasteiger partial charge in [0.1, 0.15) is 18.6 Å². The lowest BCUT2D eigenvalue weighted by Crippen LogP contribution is -2.55. The lowest BCUT2D eigenvalue weighted by Gasteiger charge is -2.37. The fraction of sp³-hybridized carbons (Fsp3) is 0.526. The summed E-state index contributed by atoms with van der Waals surface area (Å²) in [5, 5.41) is 2.79. The minimum absolute atomic E-state index is 0.00212. The third-order valence-corrected chi connectivity index (χ3v) is 4.91. The van der Waals surface area contributed by atoms with Crippen molar-refractivity contribution in [3.8, 4) is 11.5 Å². The molecule has 2 aliphatic heterocycles. The van der Waals surface area contributed by atoms with Crippen LogP contribution < -0.4 is 14.8 Å². The molecule has 0 atom stereocenters. The summed E-state index contributed by atoms with van der Waals surface area (Å²) in [6.45, 7) is 7.53. The standard InChI is InChI=1S/C19H25N3O5/c1-13(23)21-6-8-22(9-7-21)18(25)19(2,3)17(24)20-14-4-5-15-16(12-14)27-11-10-26-15/h4-5,12H,6-11H2,1-3H3,(H,20,24). The van der Waals surface area contributed by atoms with Crippen molar-refractivity contribution in [1.82, 2.24) is 9.80 Å². The van der Waals surface area contributed by atoms with Gasteiger partial charge in [-0.2, -0.15) is 0 Å². The molecule has 1 N–H and O–H groups in total. The van der Waals surface area contributed by atoms with Gasteiger partial charge in [-0.3, -0.25) is 14.4 Å². The van der Waals surface area contributed by atoms with E-state index in [-0.39, 0.29) is 11.8 Å². The van der Waals surface area contributed by atoms with Crippen molar-refractivity contribution in [2.75, 3.05) is 44.7 Å². The van der Waals surface area contributed by atoms with E-state index in [1.165, 1.54) is 6.92 Å². The summed E-state index contributed by atoms with van der Waals surface area (Å²) >= 11 is 0. The molecule has 3 amide bonds. The van der Waals surface area contributed by atoms with Gasteiger partial charge in [0.15, 0.2) is 11.5 Å². The smallest absolute Gasteiger partial charge is 0.239 e. The van der Waals surface area contributed by atoms with E-state index in [0.717, 1.165) is 0 Å². The normalized spacial score (nSPS) is 16.7. The maximum atomic E-state index is 12.9. The Morgan fingerprint density at radius 2 is 1.56 bits per heavy atom. The number of benzene rings is 1. The minimum Gasteiger partial charge on any atom is -0.486 e. The molecule has 0 saturated carbocycles. The van der Waals surface area contributed by atoms with E-state index in [2.05, 4.69) is 5.32 Å². The molecule has 1 aromatic carbocycles. The summed E-state index contributed by atoms with van der Waals surface area (Å²) in [7, 11) is 0. The molecule has 146 valence electrons. The molecule has 0 spiro atoms. The van der Waals surface area contributed by atoms with Crippen LogP contribution >= 0.6 is 0 Å². The van der Waals surface area contributed by atoms with Crippen LogP contribution in [0.2, 0.25) is 0 Å². The minimum atomic E-state index is -1.23. The van der Waals surface area contributed by atoms with Gasteiger partial charge in [-0.15, -0.1) is 0 Å². The van der Waals surface area contributed by atoms with Gasteiger partial charge >= 0.3 is 0 Å². The number of ether oxygens (including phenoxy) is 2. The summed E-state index contributed by atoms with van der Waals surface area (Å²) < 4.78 is 11.0. The summed E-state index contributed by atoms with van der Waals surface area (Å²) in [4.78, 5) is 40.4. The highest BCUT2D eigenvalue weighted by Gasteiger charge is 2.40. The van der Waals surface area contributed by atoms with Crippen LogP contribution in [0.1, 0.15) is 20.8 Å². The molecule has 2 heterocycles. The molecule has 0 radical (unpaired) electrons. The van der Waals surface area contributed by atoms with Gasteiger partial charge in [-0.25, -0.2) is 0 Å². The van der Waals surface area contributed by atoms with Gasteiger partial charge in [0, 0.05) is 44.9 Å². The van der Waals surface area contributed by atoms with Gasteiger partial charge in [-0.1, -0.05) is 0 Å². The predicted octanol–water partition coefficient (Wildman–Crippen LogP) is 1.11. The zero-order valence-electron chi connectivity index (χ0n) is 15.9. The van der Waals surface area contributed by atoms with Gasteiger partial charge in [0.05, 0.1) is 0 Å². The Bertz CT molecular complexity index is 754. The van der Waals surface area contributed by atoms with E-state index >= 15 is 0 Å². The van der Waals surface area contributed by atoms with Crippen LogP contribution in [-0.4, -0.2) is 66.9 Å². The van der Waals surface area contributed by atoms with Crippen molar-refractivity contribution in [2.24, 2.45) is 5.41 Å². The van der Waals surface area contributed by atoms with Crippen LogP contribution in [-0.2, 0) is 14.4 Å².